The quantitative estimate of drug-likeness (QED) is 0.0562. The fourth-order valence-electron chi connectivity index (χ4n) is 12.4. The number of aryl methyl sites for hydroxylation is 1. The van der Waals surface area contributed by atoms with Gasteiger partial charge in [0, 0.05) is 42.0 Å². The largest absolute Gasteiger partial charge is 0.432 e. The van der Waals surface area contributed by atoms with Gasteiger partial charge in [0.2, 0.25) is 0 Å². The summed E-state index contributed by atoms with van der Waals surface area (Å²) >= 11 is 0. The number of hydrogen-bond donors (Lipinski definition) is 0. The standard InChI is InChI=1S/C28H18F8O.C27H23F7O2.C26H21F7O2/c1-2-3-15-4-6-16(7-5-15)17-8-9-20(21(29)10-17)18-11-22(30)26(23(31)12-18)28(35,36)37-19-13-24(32)27(34)25(33)14-19;1-2-3-15-4-9-24(35-14-15)17-7-5-16(6-8-17)18-10-20(28)25(21(29)11-18)27(33,34)36-19-12-22(30)26(32)23(31)13-19;1-2-14-3-8-23(34-13-14)16-6-4-15(5-7-16)17-9-19(27)24(20(28)10-17)26(32,33)35-18-11-21(29)25(31)22(30)12-18/h4-14H,2-3H2,1H3;5-8,10-13,15,24H,2-4,9,14H2,1H3;4-7,9-12,14,23H,2-3,8,13H2,1H3. The van der Waals surface area contributed by atoms with E-state index < -0.39 is 145 Å². The monoisotopic (exact) mass is 1530 g/mol. The van der Waals surface area contributed by atoms with Crippen molar-refractivity contribution in [2.45, 2.75) is 109 Å². The van der Waals surface area contributed by atoms with Crippen LogP contribution in [0.4, 0.5) is 96.6 Å². The van der Waals surface area contributed by atoms with Gasteiger partial charge < -0.3 is 23.7 Å². The highest BCUT2D eigenvalue weighted by molar-refractivity contribution is 5.72. The molecule has 570 valence electrons. The molecule has 0 saturated carbocycles. The van der Waals surface area contributed by atoms with Gasteiger partial charge in [-0.25, -0.2) is 70.2 Å². The molecule has 108 heavy (non-hydrogen) atoms. The Morgan fingerprint density at radius 2 is 0.620 bits per heavy atom. The molecule has 5 nitrogen and oxygen atoms in total. The lowest BCUT2D eigenvalue weighted by atomic mass is 9.91. The van der Waals surface area contributed by atoms with Crippen molar-refractivity contribution in [2.75, 3.05) is 13.2 Å². The lowest BCUT2D eigenvalue weighted by Gasteiger charge is -2.29. The predicted molar refractivity (Wildman–Crippen MR) is 355 cm³/mol. The lowest BCUT2D eigenvalue weighted by molar-refractivity contribution is -0.190. The minimum Gasteiger partial charge on any atom is -0.429 e. The topological polar surface area (TPSA) is 46.2 Å². The van der Waals surface area contributed by atoms with Crippen LogP contribution in [0.5, 0.6) is 17.2 Å². The fourth-order valence-corrected chi connectivity index (χ4v) is 12.4. The van der Waals surface area contributed by atoms with Gasteiger partial charge in [0.25, 0.3) is 0 Å². The molecular weight excluding hydrogens is 1470 g/mol. The third kappa shape index (κ3) is 18.9. The first-order valence-corrected chi connectivity index (χ1v) is 33.6. The van der Waals surface area contributed by atoms with Gasteiger partial charge in [-0.1, -0.05) is 125 Å². The molecule has 10 aromatic carbocycles. The Labute approximate surface area is 604 Å². The molecule has 2 aliphatic heterocycles. The number of hydrogen-bond acceptors (Lipinski definition) is 5. The van der Waals surface area contributed by atoms with Gasteiger partial charge in [-0.05, 0) is 148 Å². The fraction of sp³-hybridized carbons (Fsp3) is 0.259. The second kappa shape index (κ2) is 34.1. The van der Waals surface area contributed by atoms with Gasteiger partial charge in [0.15, 0.2) is 52.4 Å². The SMILES string of the molecule is CCC1CCC(c2ccc(-c3cc(F)c(C(F)(F)Oc4cc(F)c(F)c(F)c4)c(F)c3)cc2)OC1.CCCC1CCC(c2ccc(-c3cc(F)c(C(F)(F)Oc4cc(F)c(F)c(F)c4)c(F)c3)cc2)OC1.CCCc1ccc(-c2ccc(-c3cc(F)c(C(F)(F)Oc4cc(F)c(F)c(F)c4)c(F)c3)c(F)c2)cc1. The van der Waals surface area contributed by atoms with E-state index in [2.05, 4.69) is 28.1 Å². The second-order valence-electron chi connectivity index (χ2n) is 25.5. The molecule has 0 N–H and O–H groups in total. The van der Waals surface area contributed by atoms with Crippen LogP contribution in [0.1, 0.15) is 118 Å². The first-order chi connectivity index (χ1) is 51.2. The molecule has 2 fully saturated rings. The van der Waals surface area contributed by atoms with E-state index in [0.29, 0.717) is 83.7 Å². The molecule has 4 unspecified atom stereocenters. The molecule has 0 bridgehead atoms. The van der Waals surface area contributed by atoms with E-state index >= 15 is 0 Å². The molecule has 27 heteroatoms. The third-order valence-corrected chi connectivity index (χ3v) is 18.0. The molecule has 2 heterocycles. The molecule has 0 aromatic heterocycles. The Kier molecular flexibility index (Phi) is 25.4. The lowest BCUT2D eigenvalue weighted by Crippen LogP contribution is -2.25. The van der Waals surface area contributed by atoms with E-state index in [9.17, 15) is 96.6 Å². The van der Waals surface area contributed by atoms with E-state index in [1.807, 2.05) is 31.2 Å². The zero-order valence-electron chi connectivity index (χ0n) is 57.0. The van der Waals surface area contributed by atoms with Crippen LogP contribution in [-0.2, 0) is 34.2 Å². The molecular formula is C81H62F22O5. The predicted octanol–water partition coefficient (Wildman–Crippen LogP) is 25.4. The number of ether oxygens (including phenoxy) is 5. The highest BCUT2D eigenvalue weighted by Gasteiger charge is 2.45. The molecule has 4 atom stereocenters. The maximum absolute atomic E-state index is 14.9. The minimum absolute atomic E-state index is 0.000538. The Morgan fingerprint density at radius 1 is 0.315 bits per heavy atom. The molecule has 2 aliphatic rings. The summed E-state index contributed by atoms with van der Waals surface area (Å²) in [6, 6.07) is 29.5. The normalized spacial score (nSPS) is 16.1. The van der Waals surface area contributed by atoms with Crippen LogP contribution in [0.15, 0.2) is 164 Å². The van der Waals surface area contributed by atoms with Crippen molar-refractivity contribution in [1.29, 1.82) is 0 Å². The smallest absolute Gasteiger partial charge is 0.429 e. The van der Waals surface area contributed by atoms with Crippen molar-refractivity contribution in [2.24, 2.45) is 11.8 Å². The molecule has 0 amide bonds. The molecule has 0 radical (unpaired) electrons. The van der Waals surface area contributed by atoms with Crippen LogP contribution in [-0.4, -0.2) is 13.2 Å². The van der Waals surface area contributed by atoms with Crippen molar-refractivity contribution in [3.8, 4) is 61.8 Å². The zero-order chi connectivity index (χ0) is 78.3. The maximum atomic E-state index is 14.9. The van der Waals surface area contributed by atoms with E-state index in [-0.39, 0.29) is 70.9 Å². The second-order valence-corrected chi connectivity index (χ2v) is 25.5. The summed E-state index contributed by atoms with van der Waals surface area (Å²) < 4.78 is 333. The van der Waals surface area contributed by atoms with Crippen molar-refractivity contribution >= 4 is 0 Å². The Hall–Kier alpha value is -10.0. The van der Waals surface area contributed by atoms with Gasteiger partial charge in [0.05, 0.1) is 25.4 Å². The Morgan fingerprint density at radius 3 is 0.926 bits per heavy atom. The van der Waals surface area contributed by atoms with Crippen molar-refractivity contribution < 1.29 is 120 Å². The Bertz CT molecular complexity index is 4690. The highest BCUT2D eigenvalue weighted by atomic mass is 19.3. The van der Waals surface area contributed by atoms with E-state index in [1.54, 1.807) is 48.5 Å². The molecule has 10 aromatic rings. The highest BCUT2D eigenvalue weighted by Crippen LogP contribution is 2.44. The van der Waals surface area contributed by atoms with Gasteiger partial charge in [0.1, 0.15) is 74.7 Å². The number of benzene rings is 10. The summed E-state index contributed by atoms with van der Waals surface area (Å²) in [6.45, 7) is 7.62. The summed E-state index contributed by atoms with van der Waals surface area (Å²) in [5.41, 5.74) is -1.07. The van der Waals surface area contributed by atoms with Gasteiger partial charge in [-0.3, -0.25) is 0 Å². The van der Waals surface area contributed by atoms with Crippen LogP contribution < -0.4 is 14.2 Å². The average Bonchev–Trinajstić information content (AvgIpc) is 0.785. The zero-order valence-corrected chi connectivity index (χ0v) is 57.0. The Balaban J connectivity index is 0.000000173. The third-order valence-electron chi connectivity index (χ3n) is 18.0. The van der Waals surface area contributed by atoms with Gasteiger partial charge in [-0.2, -0.15) is 26.3 Å². The summed E-state index contributed by atoms with van der Waals surface area (Å²) in [6.07, 6.45) is -5.27. The van der Waals surface area contributed by atoms with Crippen molar-refractivity contribution in [3.05, 3.63) is 290 Å². The summed E-state index contributed by atoms with van der Waals surface area (Å²) in [4.78, 5) is 0. The van der Waals surface area contributed by atoms with Crippen LogP contribution in [0.3, 0.4) is 0 Å². The van der Waals surface area contributed by atoms with E-state index in [1.165, 1.54) is 12.1 Å². The number of rotatable bonds is 20. The summed E-state index contributed by atoms with van der Waals surface area (Å²) in [7, 11) is 0. The molecule has 0 aliphatic carbocycles. The van der Waals surface area contributed by atoms with E-state index in [4.69, 9.17) is 9.47 Å². The molecule has 2 saturated heterocycles. The van der Waals surface area contributed by atoms with Crippen LogP contribution >= 0.6 is 0 Å². The first kappa shape index (κ1) is 80.5. The number of alkyl halides is 6. The van der Waals surface area contributed by atoms with Gasteiger partial charge in [-0.15, -0.1) is 0 Å². The molecule has 0 spiro atoms. The summed E-state index contributed by atoms with van der Waals surface area (Å²) in [5.74, 6) is -29.9. The maximum Gasteiger partial charge on any atom is 0.432 e. The van der Waals surface area contributed by atoms with Crippen molar-refractivity contribution in [1.82, 2.24) is 0 Å². The van der Waals surface area contributed by atoms with Gasteiger partial charge >= 0.3 is 18.3 Å². The summed E-state index contributed by atoms with van der Waals surface area (Å²) in [5, 5.41) is 0. The van der Waals surface area contributed by atoms with Crippen LogP contribution in [0, 0.1) is 105 Å². The molecule has 12 rings (SSSR count). The van der Waals surface area contributed by atoms with Crippen molar-refractivity contribution in [3.63, 3.8) is 0 Å². The number of halogens is 22. The first-order valence-electron chi connectivity index (χ1n) is 33.6. The van der Waals surface area contributed by atoms with Crippen LogP contribution in [0.2, 0.25) is 0 Å². The minimum atomic E-state index is -4.74. The van der Waals surface area contributed by atoms with Crippen LogP contribution in [0.25, 0.3) is 44.5 Å². The van der Waals surface area contributed by atoms with E-state index in [0.717, 1.165) is 80.5 Å². The average molecular weight is 1530 g/mol.